The third kappa shape index (κ3) is 10.4. The van der Waals surface area contributed by atoms with Crippen LogP contribution in [0.3, 0.4) is 0 Å². The summed E-state index contributed by atoms with van der Waals surface area (Å²) in [4.78, 5) is 46.7. The molecular formula is C34H51N3O10. The second kappa shape index (κ2) is 17.6. The molecule has 0 unspecified atom stereocenters. The van der Waals surface area contributed by atoms with E-state index in [0.29, 0.717) is 39.9 Å². The first-order chi connectivity index (χ1) is 22.1. The number of hydrogen-bond donors (Lipinski definition) is 3. The van der Waals surface area contributed by atoms with E-state index >= 15 is 0 Å². The quantitative estimate of drug-likeness (QED) is 0.215. The molecule has 47 heavy (non-hydrogen) atoms. The number of ether oxygens (including phenoxy) is 5. The SMILES string of the molecule is CNC(=O)[C@@H](NC(=O)[C@H](CC(C)C)[C@H](O)C(=O)N(Cc1c(OC)cc(OC)cc1OC)OCc1ccc(OC)cc1OC)C(C)(C)C. The lowest BCUT2D eigenvalue weighted by Gasteiger charge is -2.33. The van der Waals surface area contributed by atoms with Gasteiger partial charge in [-0.2, -0.15) is 0 Å². The van der Waals surface area contributed by atoms with Gasteiger partial charge in [-0.15, -0.1) is 0 Å². The first kappa shape index (κ1) is 39.0. The van der Waals surface area contributed by atoms with E-state index < -0.39 is 41.2 Å². The number of aliphatic hydroxyl groups is 1. The van der Waals surface area contributed by atoms with E-state index in [1.54, 1.807) is 30.3 Å². The Hall–Kier alpha value is -4.23. The van der Waals surface area contributed by atoms with Crippen molar-refractivity contribution < 1.29 is 48.0 Å². The molecule has 0 bridgehead atoms. The average Bonchev–Trinajstić information content (AvgIpc) is 3.05. The smallest absolute Gasteiger partial charge is 0.276 e. The molecule has 0 saturated carbocycles. The second-order valence-corrected chi connectivity index (χ2v) is 12.4. The molecule has 0 fully saturated rings. The first-order valence-electron chi connectivity index (χ1n) is 15.3. The number of methoxy groups -OCH3 is 5. The molecular weight excluding hydrogens is 610 g/mol. The van der Waals surface area contributed by atoms with E-state index in [-0.39, 0.29) is 25.5 Å². The van der Waals surface area contributed by atoms with Crippen molar-refractivity contribution in [2.75, 3.05) is 42.6 Å². The average molecular weight is 662 g/mol. The van der Waals surface area contributed by atoms with Crippen LogP contribution in [0.4, 0.5) is 0 Å². The van der Waals surface area contributed by atoms with Crippen molar-refractivity contribution >= 4 is 17.7 Å². The Balaban J connectivity index is 2.58. The summed E-state index contributed by atoms with van der Waals surface area (Å²) in [5, 5.41) is 17.9. The Morgan fingerprint density at radius 2 is 1.38 bits per heavy atom. The topological polar surface area (TPSA) is 154 Å². The lowest BCUT2D eigenvalue weighted by Crippen LogP contribution is -2.56. The van der Waals surface area contributed by atoms with Crippen molar-refractivity contribution in [3.63, 3.8) is 0 Å². The summed E-state index contributed by atoms with van der Waals surface area (Å²) in [6.45, 7) is 8.80. The highest BCUT2D eigenvalue weighted by atomic mass is 16.7. The number of carbonyl (C=O) groups excluding carboxylic acids is 3. The number of carbonyl (C=O) groups is 3. The van der Waals surface area contributed by atoms with Crippen molar-refractivity contribution in [1.82, 2.24) is 15.7 Å². The largest absolute Gasteiger partial charge is 0.497 e. The number of likely N-dealkylation sites (N-methyl/N-ethyl adjacent to an activating group) is 1. The molecule has 3 atom stereocenters. The van der Waals surface area contributed by atoms with Crippen LogP contribution in [0.5, 0.6) is 28.7 Å². The molecule has 262 valence electrons. The molecule has 0 aliphatic carbocycles. The molecule has 0 aliphatic heterocycles. The van der Waals surface area contributed by atoms with Crippen LogP contribution in [0.25, 0.3) is 0 Å². The normalized spacial score (nSPS) is 13.2. The van der Waals surface area contributed by atoms with Crippen molar-refractivity contribution in [3.8, 4) is 28.7 Å². The van der Waals surface area contributed by atoms with Gasteiger partial charge in [-0.1, -0.05) is 34.6 Å². The fraction of sp³-hybridized carbons (Fsp3) is 0.559. The summed E-state index contributed by atoms with van der Waals surface area (Å²) >= 11 is 0. The van der Waals surface area contributed by atoms with Gasteiger partial charge in [0.25, 0.3) is 5.91 Å². The third-order valence-corrected chi connectivity index (χ3v) is 7.59. The maximum atomic E-state index is 14.2. The van der Waals surface area contributed by atoms with Gasteiger partial charge >= 0.3 is 0 Å². The molecule has 0 spiro atoms. The van der Waals surface area contributed by atoms with Gasteiger partial charge in [0.1, 0.15) is 47.5 Å². The third-order valence-electron chi connectivity index (χ3n) is 7.59. The zero-order chi connectivity index (χ0) is 35.5. The van der Waals surface area contributed by atoms with Crippen LogP contribution in [-0.2, 0) is 32.4 Å². The van der Waals surface area contributed by atoms with Crippen molar-refractivity contribution in [3.05, 3.63) is 41.5 Å². The summed E-state index contributed by atoms with van der Waals surface area (Å²) in [5.41, 5.74) is 0.362. The van der Waals surface area contributed by atoms with Gasteiger partial charge < -0.3 is 39.4 Å². The van der Waals surface area contributed by atoms with E-state index in [2.05, 4.69) is 10.6 Å². The number of hydroxylamine groups is 2. The lowest BCUT2D eigenvalue weighted by molar-refractivity contribution is -0.206. The summed E-state index contributed by atoms with van der Waals surface area (Å²) in [7, 11) is 8.93. The standard InChI is InChI=1S/C34H51N3O10/c1-20(2)14-24(31(39)36-30(32(40)35-6)34(3,4)5)29(38)33(41)37(47-19-21-12-13-22(42-7)15-26(21)44-9)18-25-27(45-10)16-23(43-8)17-28(25)46-11/h12-13,15-17,20,24,29-30,38H,14,18-19H2,1-11H3,(H,35,40)(H,36,39)/t24-,29+,30-/m1/s1. The zero-order valence-corrected chi connectivity index (χ0v) is 29.4. The number of rotatable bonds is 17. The van der Waals surface area contributed by atoms with Crippen molar-refractivity contribution in [2.24, 2.45) is 17.3 Å². The number of amides is 3. The Kier molecular flexibility index (Phi) is 14.6. The molecule has 13 nitrogen and oxygen atoms in total. The van der Waals surface area contributed by atoms with Crippen LogP contribution >= 0.6 is 0 Å². The predicted molar refractivity (Wildman–Crippen MR) is 175 cm³/mol. The van der Waals surface area contributed by atoms with Crippen molar-refractivity contribution in [2.45, 2.75) is 66.3 Å². The zero-order valence-electron chi connectivity index (χ0n) is 29.4. The fourth-order valence-corrected chi connectivity index (χ4v) is 4.96. The van der Waals surface area contributed by atoms with E-state index in [4.69, 9.17) is 28.5 Å². The number of aliphatic hydroxyl groups excluding tert-OH is 1. The molecule has 13 heteroatoms. The van der Waals surface area contributed by atoms with Gasteiger partial charge in [0.15, 0.2) is 0 Å². The molecule has 2 aromatic carbocycles. The Bertz CT molecular complexity index is 1330. The van der Waals surface area contributed by atoms with Gasteiger partial charge in [-0.25, -0.2) is 5.06 Å². The minimum atomic E-state index is -1.84. The van der Waals surface area contributed by atoms with Crippen molar-refractivity contribution in [1.29, 1.82) is 0 Å². The van der Waals surface area contributed by atoms with Crippen LogP contribution in [0.15, 0.2) is 30.3 Å². The molecule has 2 aromatic rings. The molecule has 0 saturated heterocycles. The van der Waals surface area contributed by atoms with Gasteiger partial charge in [-0.05, 0) is 29.9 Å². The van der Waals surface area contributed by atoms with E-state index in [1.807, 2.05) is 34.6 Å². The maximum Gasteiger partial charge on any atom is 0.276 e. The minimum Gasteiger partial charge on any atom is -0.497 e. The fourth-order valence-electron chi connectivity index (χ4n) is 4.96. The first-order valence-corrected chi connectivity index (χ1v) is 15.3. The Labute approximate surface area is 277 Å². The molecule has 2 rings (SSSR count). The Morgan fingerprint density at radius 3 is 1.85 bits per heavy atom. The maximum absolute atomic E-state index is 14.2. The van der Waals surface area contributed by atoms with Gasteiger partial charge in [0.2, 0.25) is 11.8 Å². The molecule has 0 aliphatic rings. The molecule has 3 amide bonds. The van der Waals surface area contributed by atoms with E-state index in [9.17, 15) is 19.5 Å². The highest BCUT2D eigenvalue weighted by Gasteiger charge is 2.40. The summed E-state index contributed by atoms with van der Waals surface area (Å²) in [6.07, 6.45) is -1.69. The second-order valence-electron chi connectivity index (χ2n) is 12.4. The minimum absolute atomic E-state index is 0.0824. The van der Waals surface area contributed by atoms with E-state index in [0.717, 1.165) is 5.06 Å². The van der Waals surface area contributed by atoms with E-state index in [1.165, 1.54) is 42.6 Å². The van der Waals surface area contributed by atoms with Crippen LogP contribution in [0.1, 0.15) is 52.2 Å². The summed E-state index contributed by atoms with van der Waals surface area (Å²) in [5.74, 6) is -1.05. The molecule has 3 N–H and O–H groups in total. The lowest BCUT2D eigenvalue weighted by atomic mass is 9.84. The summed E-state index contributed by atoms with van der Waals surface area (Å²) in [6, 6.07) is 7.47. The molecule has 0 radical (unpaired) electrons. The van der Waals surface area contributed by atoms with Gasteiger partial charge in [0, 0.05) is 30.8 Å². The number of nitrogens with one attached hydrogen (secondary N) is 2. The van der Waals surface area contributed by atoms with Crippen LogP contribution in [0, 0.1) is 17.3 Å². The van der Waals surface area contributed by atoms with Gasteiger partial charge in [0.05, 0.1) is 53.6 Å². The number of benzene rings is 2. The molecule has 0 heterocycles. The Morgan fingerprint density at radius 1 is 0.830 bits per heavy atom. The highest BCUT2D eigenvalue weighted by Crippen LogP contribution is 2.36. The van der Waals surface area contributed by atoms with Gasteiger partial charge in [-0.3, -0.25) is 19.2 Å². The van der Waals surface area contributed by atoms with Crippen LogP contribution < -0.4 is 34.3 Å². The summed E-state index contributed by atoms with van der Waals surface area (Å²) < 4.78 is 27.3. The number of hydrogen-bond acceptors (Lipinski definition) is 10. The number of nitrogens with zero attached hydrogens (tertiary/aromatic N) is 1. The predicted octanol–water partition coefficient (Wildman–Crippen LogP) is 3.49. The highest BCUT2D eigenvalue weighted by molar-refractivity contribution is 5.92. The van der Waals surface area contributed by atoms with Crippen LogP contribution in [0.2, 0.25) is 0 Å². The monoisotopic (exact) mass is 661 g/mol. The van der Waals surface area contributed by atoms with Crippen LogP contribution in [-0.4, -0.2) is 82.6 Å². The molecule has 0 aromatic heterocycles.